The monoisotopic (exact) mass is 299 g/mol. The zero-order chi connectivity index (χ0) is 14.5. The number of nitrogens with zero attached hydrogens (tertiary/aromatic N) is 4. The number of carbonyl (C=O) groups is 1. The molecule has 1 aromatic carbocycles. The fraction of sp³-hybridized carbons (Fsp3) is 0.143. The van der Waals surface area contributed by atoms with Crippen LogP contribution in [0.2, 0.25) is 0 Å². The number of carbonyl (C=O) groups excluding carboxylic acids is 1. The summed E-state index contributed by atoms with van der Waals surface area (Å²) in [4.78, 5) is 16.4. The maximum Gasteiger partial charge on any atom is 0.264 e. The Morgan fingerprint density at radius 1 is 1.33 bits per heavy atom. The van der Waals surface area contributed by atoms with E-state index in [1.165, 1.54) is 11.8 Å². The summed E-state index contributed by atoms with van der Waals surface area (Å²) in [7, 11) is 0. The Balaban J connectivity index is 1.62. The van der Waals surface area contributed by atoms with Gasteiger partial charge in [0.05, 0.1) is 12.5 Å². The highest BCUT2D eigenvalue weighted by Gasteiger charge is 2.07. The number of hydrogen-bond acceptors (Lipinski definition) is 5. The number of imidazole rings is 1. The van der Waals surface area contributed by atoms with Gasteiger partial charge >= 0.3 is 0 Å². The van der Waals surface area contributed by atoms with Gasteiger partial charge in [0, 0.05) is 25.5 Å². The van der Waals surface area contributed by atoms with Gasteiger partial charge < -0.3 is 9.88 Å². The molecule has 0 radical (unpaired) electrons. The highest BCUT2D eigenvalue weighted by molar-refractivity contribution is 7.07. The van der Waals surface area contributed by atoms with Crippen LogP contribution in [0.5, 0.6) is 0 Å². The molecule has 0 saturated heterocycles. The molecule has 0 unspecified atom stereocenters. The van der Waals surface area contributed by atoms with Crippen molar-refractivity contribution in [3.63, 3.8) is 0 Å². The van der Waals surface area contributed by atoms with Crippen LogP contribution in [0.3, 0.4) is 0 Å². The van der Waals surface area contributed by atoms with Crippen molar-refractivity contribution in [2.24, 2.45) is 0 Å². The summed E-state index contributed by atoms with van der Waals surface area (Å²) in [6.07, 6.45) is 6.93. The highest BCUT2D eigenvalue weighted by Crippen LogP contribution is 2.08. The molecule has 6 nitrogen and oxygen atoms in total. The van der Waals surface area contributed by atoms with Gasteiger partial charge in [-0.25, -0.2) is 4.98 Å². The fourth-order valence-electron chi connectivity index (χ4n) is 1.97. The highest BCUT2D eigenvalue weighted by atomic mass is 32.1. The number of rotatable bonds is 5. The van der Waals surface area contributed by atoms with Crippen LogP contribution in [0.1, 0.15) is 20.8 Å². The van der Waals surface area contributed by atoms with Crippen molar-refractivity contribution in [1.29, 1.82) is 0 Å². The van der Waals surface area contributed by atoms with E-state index in [0.29, 0.717) is 11.4 Å². The first-order chi connectivity index (χ1) is 10.3. The van der Waals surface area contributed by atoms with Gasteiger partial charge in [-0.3, -0.25) is 4.79 Å². The minimum absolute atomic E-state index is 0.148. The number of hydrogen-bond donors (Lipinski definition) is 1. The summed E-state index contributed by atoms with van der Waals surface area (Å²) in [6, 6.07) is 8.11. The zero-order valence-corrected chi connectivity index (χ0v) is 12.0. The number of aromatic nitrogens is 4. The van der Waals surface area contributed by atoms with E-state index in [1.54, 1.807) is 12.5 Å². The average Bonchev–Trinajstić information content (AvgIpc) is 3.18. The smallest absolute Gasteiger partial charge is 0.264 e. The molecule has 0 aliphatic heterocycles. The topological polar surface area (TPSA) is 72.7 Å². The standard InChI is InChI=1S/C14H13N5OS/c20-14(13-8-17-18-21-13)16-7-11-2-1-3-12(6-11)9-19-5-4-15-10-19/h1-6,8,10H,7,9H2,(H,16,20). The predicted molar refractivity (Wildman–Crippen MR) is 78.9 cm³/mol. The van der Waals surface area contributed by atoms with Crippen molar-refractivity contribution in [2.75, 3.05) is 0 Å². The Labute approximate surface area is 125 Å². The largest absolute Gasteiger partial charge is 0.347 e. The minimum Gasteiger partial charge on any atom is -0.347 e. The van der Waals surface area contributed by atoms with Gasteiger partial charge in [0.15, 0.2) is 0 Å². The quantitative estimate of drug-likeness (QED) is 0.778. The van der Waals surface area contributed by atoms with Crippen molar-refractivity contribution in [3.05, 3.63) is 65.2 Å². The summed E-state index contributed by atoms with van der Waals surface area (Å²) in [5, 5.41) is 6.51. The molecule has 0 atom stereocenters. The average molecular weight is 299 g/mol. The van der Waals surface area contributed by atoms with Crippen molar-refractivity contribution in [3.8, 4) is 0 Å². The van der Waals surface area contributed by atoms with Crippen LogP contribution in [0.15, 0.2) is 49.2 Å². The lowest BCUT2D eigenvalue weighted by Crippen LogP contribution is -2.21. The molecule has 2 heterocycles. The van der Waals surface area contributed by atoms with Crippen molar-refractivity contribution in [2.45, 2.75) is 13.1 Å². The molecule has 1 N–H and O–H groups in total. The summed E-state index contributed by atoms with van der Waals surface area (Å²) < 4.78 is 5.68. The summed E-state index contributed by atoms with van der Waals surface area (Å²) >= 11 is 1.09. The Kier molecular flexibility index (Phi) is 4.02. The second-order valence-electron chi connectivity index (χ2n) is 4.52. The summed E-state index contributed by atoms with van der Waals surface area (Å²) in [5.74, 6) is -0.148. The number of amides is 1. The van der Waals surface area contributed by atoms with Crippen molar-refractivity contribution < 1.29 is 4.79 Å². The molecule has 21 heavy (non-hydrogen) atoms. The maximum atomic E-state index is 11.8. The van der Waals surface area contributed by atoms with Crippen LogP contribution in [-0.4, -0.2) is 25.0 Å². The van der Waals surface area contributed by atoms with Gasteiger partial charge in [0.1, 0.15) is 4.88 Å². The van der Waals surface area contributed by atoms with Crippen LogP contribution in [-0.2, 0) is 13.1 Å². The lowest BCUT2D eigenvalue weighted by atomic mass is 10.1. The molecule has 0 spiro atoms. The first-order valence-electron chi connectivity index (χ1n) is 6.40. The van der Waals surface area contributed by atoms with E-state index in [9.17, 15) is 4.79 Å². The molecule has 0 aliphatic rings. The Morgan fingerprint density at radius 2 is 2.24 bits per heavy atom. The van der Waals surface area contributed by atoms with Gasteiger partial charge in [0.25, 0.3) is 5.91 Å². The molecular formula is C14H13N5OS. The second kappa shape index (κ2) is 6.27. The number of benzene rings is 1. The third-order valence-corrected chi connectivity index (χ3v) is 3.62. The van der Waals surface area contributed by atoms with E-state index in [-0.39, 0.29) is 5.91 Å². The van der Waals surface area contributed by atoms with E-state index in [4.69, 9.17) is 0 Å². The molecule has 7 heteroatoms. The van der Waals surface area contributed by atoms with Crippen LogP contribution in [0.4, 0.5) is 0 Å². The van der Waals surface area contributed by atoms with Crippen molar-refractivity contribution in [1.82, 2.24) is 24.5 Å². The van der Waals surface area contributed by atoms with E-state index >= 15 is 0 Å². The molecule has 1 amide bonds. The Bertz CT molecular complexity index is 709. The molecule has 106 valence electrons. The lowest BCUT2D eigenvalue weighted by molar-refractivity contribution is 0.0954. The van der Waals surface area contributed by atoms with Crippen molar-refractivity contribution >= 4 is 17.4 Å². The van der Waals surface area contributed by atoms with Crippen LogP contribution in [0, 0.1) is 0 Å². The Hall–Kier alpha value is -2.54. The molecule has 0 bridgehead atoms. The number of nitrogens with one attached hydrogen (secondary N) is 1. The molecule has 0 saturated carbocycles. The zero-order valence-electron chi connectivity index (χ0n) is 11.1. The van der Waals surface area contributed by atoms with Gasteiger partial charge in [-0.2, -0.15) is 0 Å². The van der Waals surface area contributed by atoms with Gasteiger partial charge in [-0.1, -0.05) is 28.8 Å². The third-order valence-electron chi connectivity index (χ3n) is 2.95. The van der Waals surface area contributed by atoms with Crippen LogP contribution < -0.4 is 5.32 Å². The first kappa shape index (κ1) is 13.4. The van der Waals surface area contributed by atoms with Crippen LogP contribution in [0.25, 0.3) is 0 Å². The first-order valence-corrected chi connectivity index (χ1v) is 7.18. The SMILES string of the molecule is O=C(NCc1cccc(Cn2ccnc2)c1)c1cnns1. The normalized spacial score (nSPS) is 10.5. The third kappa shape index (κ3) is 3.51. The van der Waals surface area contributed by atoms with E-state index < -0.39 is 0 Å². The van der Waals surface area contributed by atoms with Gasteiger partial charge in [-0.05, 0) is 22.7 Å². The predicted octanol–water partition coefficient (Wildman–Crippen LogP) is 1.71. The fourth-order valence-corrected chi connectivity index (χ4v) is 2.40. The summed E-state index contributed by atoms with van der Waals surface area (Å²) in [6.45, 7) is 1.25. The molecular weight excluding hydrogens is 286 g/mol. The molecule has 0 aliphatic carbocycles. The van der Waals surface area contributed by atoms with E-state index in [2.05, 4.69) is 32.0 Å². The maximum absolute atomic E-state index is 11.8. The van der Waals surface area contributed by atoms with Crippen LogP contribution >= 0.6 is 11.5 Å². The van der Waals surface area contributed by atoms with E-state index in [0.717, 1.165) is 23.6 Å². The van der Waals surface area contributed by atoms with Gasteiger partial charge in [0.2, 0.25) is 0 Å². The van der Waals surface area contributed by atoms with Gasteiger partial charge in [-0.15, -0.1) is 5.10 Å². The van der Waals surface area contributed by atoms with E-state index in [1.807, 2.05) is 22.9 Å². The second-order valence-corrected chi connectivity index (χ2v) is 5.31. The molecule has 3 rings (SSSR count). The lowest BCUT2D eigenvalue weighted by Gasteiger charge is -2.07. The summed E-state index contributed by atoms with van der Waals surface area (Å²) in [5.41, 5.74) is 2.22. The minimum atomic E-state index is -0.148. The molecule has 2 aromatic heterocycles. The Morgan fingerprint density at radius 3 is 3.00 bits per heavy atom. The molecule has 3 aromatic rings. The molecule has 0 fully saturated rings.